The lowest BCUT2D eigenvalue weighted by Crippen LogP contribution is -2.37. The van der Waals surface area contributed by atoms with Crippen molar-refractivity contribution in [3.05, 3.63) is 88.0 Å². The summed E-state index contributed by atoms with van der Waals surface area (Å²) in [5.74, 6) is 0.524. The largest absolute Gasteiger partial charge is 0.497 e. The molecular formula is C32H37N3O4. The molecule has 1 aliphatic carbocycles. The van der Waals surface area contributed by atoms with Gasteiger partial charge in [0.1, 0.15) is 11.3 Å². The number of benzene rings is 3. The number of methoxy groups -OCH3 is 2. The van der Waals surface area contributed by atoms with Crippen molar-refractivity contribution in [2.75, 3.05) is 14.2 Å². The maximum Gasteiger partial charge on any atom is 0.312 e. The number of ether oxygens (including phenoxy) is 3. The third-order valence-electron chi connectivity index (χ3n) is 8.42. The molecule has 4 aromatic rings. The molecule has 1 heterocycles. The van der Waals surface area contributed by atoms with Gasteiger partial charge in [-0.15, -0.1) is 5.10 Å². The first-order valence-electron chi connectivity index (χ1n) is 13.6. The molecule has 0 radical (unpaired) electrons. The number of fused-ring (bicyclic) bond motifs is 1. The molecule has 1 saturated carbocycles. The highest BCUT2D eigenvalue weighted by Crippen LogP contribution is 2.53. The summed E-state index contributed by atoms with van der Waals surface area (Å²) in [6.45, 7) is 5.18. The molecule has 1 aromatic heterocycles. The van der Waals surface area contributed by atoms with E-state index >= 15 is 0 Å². The average Bonchev–Trinajstić information content (AvgIpc) is 3.60. The SMILES string of the molecule is COC(=O)C1(C(c2ccc(C)c(COCc3ccc(OC)cc3)c2)c2ccc3c(nnn3C)c2C)CCCC1. The van der Waals surface area contributed by atoms with Crippen LogP contribution in [0.2, 0.25) is 0 Å². The van der Waals surface area contributed by atoms with Gasteiger partial charge < -0.3 is 14.2 Å². The first kappa shape index (κ1) is 26.9. The summed E-state index contributed by atoms with van der Waals surface area (Å²) in [5, 5.41) is 8.69. The summed E-state index contributed by atoms with van der Waals surface area (Å²) in [6, 6.07) is 18.7. The van der Waals surface area contributed by atoms with E-state index in [2.05, 4.69) is 54.5 Å². The van der Waals surface area contributed by atoms with E-state index in [1.54, 1.807) is 11.8 Å². The Labute approximate surface area is 230 Å². The lowest BCUT2D eigenvalue weighted by atomic mass is 9.66. The van der Waals surface area contributed by atoms with Crippen LogP contribution in [0, 0.1) is 19.3 Å². The van der Waals surface area contributed by atoms with E-state index in [0.29, 0.717) is 13.2 Å². The molecule has 7 nitrogen and oxygen atoms in total. The van der Waals surface area contributed by atoms with Crippen molar-refractivity contribution in [3.8, 4) is 5.75 Å². The molecule has 1 aliphatic rings. The Morgan fingerprint density at radius 2 is 1.74 bits per heavy atom. The monoisotopic (exact) mass is 527 g/mol. The highest BCUT2D eigenvalue weighted by Gasteiger charge is 2.50. The lowest BCUT2D eigenvalue weighted by Gasteiger charge is -2.37. The Morgan fingerprint density at radius 3 is 2.44 bits per heavy atom. The topological polar surface area (TPSA) is 75.5 Å². The standard InChI is InChI=1S/C32H37N3O4/c1-21-8-11-24(18-25(21)20-39-19-23-9-12-26(37-4)13-10-23)29(32(31(36)38-5)16-6-7-17-32)27-14-15-28-30(22(27)2)33-34-35(28)3/h8-15,18,29H,6-7,16-17,19-20H2,1-5H3. The predicted octanol–water partition coefficient (Wildman–Crippen LogP) is 6.18. The Kier molecular flexibility index (Phi) is 7.71. The molecule has 0 saturated heterocycles. The van der Waals surface area contributed by atoms with Gasteiger partial charge in [-0.2, -0.15) is 0 Å². The molecule has 39 heavy (non-hydrogen) atoms. The van der Waals surface area contributed by atoms with Crippen molar-refractivity contribution >= 4 is 17.0 Å². The number of hydrogen-bond donors (Lipinski definition) is 0. The molecule has 1 fully saturated rings. The molecule has 0 N–H and O–H groups in total. The second-order valence-electron chi connectivity index (χ2n) is 10.7. The van der Waals surface area contributed by atoms with Gasteiger partial charge in [-0.25, -0.2) is 4.68 Å². The van der Waals surface area contributed by atoms with Crippen molar-refractivity contribution in [2.45, 2.75) is 58.7 Å². The summed E-state index contributed by atoms with van der Waals surface area (Å²) in [6.07, 6.45) is 3.59. The fourth-order valence-electron chi connectivity index (χ4n) is 6.20. The van der Waals surface area contributed by atoms with Crippen LogP contribution in [-0.4, -0.2) is 35.2 Å². The number of esters is 1. The first-order chi connectivity index (χ1) is 18.9. The van der Waals surface area contributed by atoms with Crippen LogP contribution in [0.15, 0.2) is 54.6 Å². The molecular weight excluding hydrogens is 490 g/mol. The summed E-state index contributed by atoms with van der Waals surface area (Å²) in [7, 11) is 5.07. The van der Waals surface area contributed by atoms with E-state index < -0.39 is 5.41 Å². The van der Waals surface area contributed by atoms with Crippen LogP contribution in [0.1, 0.15) is 65.0 Å². The van der Waals surface area contributed by atoms with E-state index in [0.717, 1.165) is 75.8 Å². The summed E-state index contributed by atoms with van der Waals surface area (Å²) < 4.78 is 18.7. The number of aromatic nitrogens is 3. The van der Waals surface area contributed by atoms with E-state index in [1.165, 1.54) is 7.11 Å². The maximum absolute atomic E-state index is 13.5. The fraction of sp³-hybridized carbons (Fsp3) is 0.406. The zero-order valence-corrected chi connectivity index (χ0v) is 23.5. The lowest BCUT2D eigenvalue weighted by molar-refractivity contribution is -0.153. The minimum absolute atomic E-state index is 0.137. The molecule has 0 aliphatic heterocycles. The van der Waals surface area contributed by atoms with Gasteiger partial charge in [-0.3, -0.25) is 4.79 Å². The van der Waals surface area contributed by atoms with Crippen LogP contribution < -0.4 is 4.74 Å². The number of carbonyl (C=O) groups excluding carboxylic acids is 1. The Hall–Kier alpha value is -3.71. The molecule has 0 bridgehead atoms. The van der Waals surface area contributed by atoms with Crippen molar-refractivity contribution in [3.63, 3.8) is 0 Å². The highest BCUT2D eigenvalue weighted by molar-refractivity contribution is 5.83. The van der Waals surface area contributed by atoms with Gasteiger partial charge in [0.2, 0.25) is 0 Å². The number of carbonyl (C=O) groups is 1. The Bertz CT molecular complexity index is 1470. The Morgan fingerprint density at radius 1 is 1.00 bits per heavy atom. The van der Waals surface area contributed by atoms with Gasteiger partial charge in [-0.05, 0) is 78.3 Å². The smallest absolute Gasteiger partial charge is 0.312 e. The van der Waals surface area contributed by atoms with E-state index in [-0.39, 0.29) is 11.9 Å². The molecule has 7 heteroatoms. The number of aryl methyl sites for hydroxylation is 3. The first-order valence-corrected chi connectivity index (χ1v) is 13.6. The summed E-state index contributed by atoms with van der Waals surface area (Å²) in [4.78, 5) is 13.5. The van der Waals surface area contributed by atoms with Crippen LogP contribution in [-0.2, 0) is 34.5 Å². The minimum Gasteiger partial charge on any atom is -0.497 e. The number of rotatable bonds is 9. The summed E-state index contributed by atoms with van der Waals surface area (Å²) >= 11 is 0. The third kappa shape index (κ3) is 5.03. The average molecular weight is 528 g/mol. The maximum atomic E-state index is 13.5. The van der Waals surface area contributed by atoms with Gasteiger partial charge in [-0.1, -0.05) is 54.5 Å². The Balaban J connectivity index is 1.53. The van der Waals surface area contributed by atoms with Crippen LogP contribution in [0.5, 0.6) is 5.75 Å². The van der Waals surface area contributed by atoms with Crippen molar-refractivity contribution < 1.29 is 19.0 Å². The molecule has 1 unspecified atom stereocenters. The molecule has 5 rings (SSSR count). The zero-order valence-electron chi connectivity index (χ0n) is 23.5. The van der Waals surface area contributed by atoms with Crippen molar-refractivity contribution in [1.29, 1.82) is 0 Å². The van der Waals surface area contributed by atoms with Crippen LogP contribution in [0.4, 0.5) is 0 Å². The van der Waals surface area contributed by atoms with Crippen LogP contribution >= 0.6 is 0 Å². The molecule has 3 aromatic carbocycles. The molecule has 0 amide bonds. The second kappa shape index (κ2) is 11.2. The zero-order chi connectivity index (χ0) is 27.6. The van der Waals surface area contributed by atoms with Gasteiger partial charge in [0.15, 0.2) is 0 Å². The van der Waals surface area contributed by atoms with Gasteiger partial charge in [0, 0.05) is 13.0 Å². The summed E-state index contributed by atoms with van der Waals surface area (Å²) in [5.41, 5.74) is 7.83. The van der Waals surface area contributed by atoms with Gasteiger partial charge >= 0.3 is 5.97 Å². The van der Waals surface area contributed by atoms with Gasteiger partial charge in [0.05, 0.1) is 38.4 Å². The van der Waals surface area contributed by atoms with Gasteiger partial charge in [0.25, 0.3) is 0 Å². The molecule has 1 atom stereocenters. The van der Waals surface area contributed by atoms with Crippen LogP contribution in [0.3, 0.4) is 0 Å². The van der Waals surface area contributed by atoms with E-state index in [1.807, 2.05) is 31.3 Å². The van der Waals surface area contributed by atoms with Crippen molar-refractivity contribution in [1.82, 2.24) is 15.0 Å². The number of hydrogen-bond acceptors (Lipinski definition) is 6. The normalized spacial score (nSPS) is 15.4. The number of nitrogens with zero attached hydrogens (tertiary/aromatic N) is 3. The van der Waals surface area contributed by atoms with E-state index in [9.17, 15) is 4.79 Å². The molecule has 204 valence electrons. The van der Waals surface area contributed by atoms with E-state index in [4.69, 9.17) is 14.2 Å². The third-order valence-corrected chi connectivity index (χ3v) is 8.42. The fourth-order valence-corrected chi connectivity index (χ4v) is 6.20. The highest BCUT2D eigenvalue weighted by atomic mass is 16.5. The second-order valence-corrected chi connectivity index (χ2v) is 10.7. The minimum atomic E-state index is -0.633. The van der Waals surface area contributed by atoms with Crippen LogP contribution in [0.25, 0.3) is 11.0 Å². The quantitative estimate of drug-likeness (QED) is 0.242. The predicted molar refractivity (Wildman–Crippen MR) is 151 cm³/mol. The van der Waals surface area contributed by atoms with Crippen molar-refractivity contribution in [2.24, 2.45) is 12.5 Å². The molecule has 0 spiro atoms.